The van der Waals surface area contributed by atoms with Crippen LogP contribution in [0.5, 0.6) is 0 Å². The maximum absolute atomic E-state index is 9.13. The van der Waals surface area contributed by atoms with Gasteiger partial charge in [0.1, 0.15) is 0 Å². The first kappa shape index (κ1) is 22.7. The number of aliphatic hydroxyl groups excluding tert-OH is 1. The van der Waals surface area contributed by atoms with Gasteiger partial charge in [0.15, 0.2) is 5.96 Å². The average Bonchev–Trinajstić information content (AvgIpc) is 3.04. The average molecular weight is 453 g/mol. The third-order valence-electron chi connectivity index (χ3n) is 3.77. The summed E-state index contributed by atoms with van der Waals surface area (Å²) in [7, 11) is 0. The van der Waals surface area contributed by atoms with Crippen molar-refractivity contribution in [1.29, 1.82) is 0 Å². The fourth-order valence-corrected chi connectivity index (χ4v) is 3.19. The zero-order valence-electron chi connectivity index (χ0n) is 14.5. The lowest BCUT2D eigenvalue weighted by Gasteiger charge is -2.17. The van der Waals surface area contributed by atoms with Gasteiger partial charge in [-0.2, -0.15) is 11.3 Å². The number of aliphatic imine (C=N–C) groups is 1. The maximum atomic E-state index is 9.13. The summed E-state index contributed by atoms with van der Waals surface area (Å²) in [5.74, 6) is 1.82. The van der Waals surface area contributed by atoms with Gasteiger partial charge in [0.05, 0.1) is 0 Å². The van der Waals surface area contributed by atoms with Crippen LogP contribution in [0.2, 0.25) is 0 Å². The Morgan fingerprint density at radius 1 is 1.30 bits per heavy atom. The van der Waals surface area contributed by atoms with Gasteiger partial charge in [0, 0.05) is 26.2 Å². The number of hydrogen-bond donors (Lipinski definition) is 3. The smallest absolute Gasteiger partial charge is 0.191 e. The van der Waals surface area contributed by atoms with Crippen LogP contribution >= 0.6 is 35.3 Å². The molecule has 134 valence electrons. The number of rotatable bonds is 10. The first-order valence-corrected chi connectivity index (χ1v) is 9.30. The van der Waals surface area contributed by atoms with Crippen LogP contribution in [0.4, 0.5) is 0 Å². The van der Waals surface area contributed by atoms with Gasteiger partial charge in [-0.05, 0) is 54.0 Å². The zero-order chi connectivity index (χ0) is 16.2. The minimum absolute atomic E-state index is 0. The minimum Gasteiger partial charge on any atom is -0.396 e. The predicted octanol–water partition coefficient (Wildman–Crippen LogP) is 3.82. The molecule has 1 aromatic rings. The molecule has 1 rings (SSSR count). The summed E-state index contributed by atoms with van der Waals surface area (Å²) >= 11 is 1.74. The SMILES string of the molecule is CCCC(CCO)CN=C(NCC)NCC(C)c1ccsc1.I. The largest absolute Gasteiger partial charge is 0.396 e. The van der Waals surface area contributed by atoms with Gasteiger partial charge < -0.3 is 15.7 Å². The summed E-state index contributed by atoms with van der Waals surface area (Å²) in [5, 5.41) is 20.2. The number of halogens is 1. The van der Waals surface area contributed by atoms with Crippen LogP contribution in [-0.4, -0.2) is 37.3 Å². The van der Waals surface area contributed by atoms with E-state index in [1.165, 1.54) is 5.56 Å². The molecule has 1 aromatic heterocycles. The third kappa shape index (κ3) is 9.52. The van der Waals surface area contributed by atoms with Crippen LogP contribution < -0.4 is 10.6 Å². The van der Waals surface area contributed by atoms with E-state index >= 15 is 0 Å². The molecule has 0 aliphatic carbocycles. The van der Waals surface area contributed by atoms with Crippen molar-refractivity contribution < 1.29 is 5.11 Å². The molecule has 0 spiro atoms. The molecule has 0 bridgehead atoms. The molecule has 0 saturated heterocycles. The van der Waals surface area contributed by atoms with E-state index in [1.54, 1.807) is 11.3 Å². The summed E-state index contributed by atoms with van der Waals surface area (Å²) in [6, 6.07) is 2.18. The van der Waals surface area contributed by atoms with Crippen LogP contribution in [0.3, 0.4) is 0 Å². The predicted molar refractivity (Wildman–Crippen MR) is 112 cm³/mol. The summed E-state index contributed by atoms with van der Waals surface area (Å²) in [6.45, 7) is 9.25. The molecule has 4 nitrogen and oxygen atoms in total. The van der Waals surface area contributed by atoms with Crippen LogP contribution in [0.15, 0.2) is 21.8 Å². The van der Waals surface area contributed by atoms with Crippen LogP contribution in [-0.2, 0) is 0 Å². The van der Waals surface area contributed by atoms with E-state index < -0.39 is 0 Å². The molecule has 0 fully saturated rings. The van der Waals surface area contributed by atoms with Crippen LogP contribution in [0.25, 0.3) is 0 Å². The van der Waals surface area contributed by atoms with E-state index in [1.807, 2.05) is 0 Å². The van der Waals surface area contributed by atoms with Crippen molar-refractivity contribution >= 4 is 41.3 Å². The van der Waals surface area contributed by atoms with E-state index in [-0.39, 0.29) is 30.6 Å². The Bertz CT molecular complexity index is 406. The van der Waals surface area contributed by atoms with Crippen LogP contribution in [0, 0.1) is 5.92 Å². The van der Waals surface area contributed by atoms with Gasteiger partial charge in [-0.1, -0.05) is 20.3 Å². The summed E-state index contributed by atoms with van der Waals surface area (Å²) < 4.78 is 0. The van der Waals surface area contributed by atoms with Crippen LogP contribution in [0.1, 0.15) is 51.5 Å². The number of nitrogens with one attached hydrogen (secondary N) is 2. The molecule has 0 aromatic carbocycles. The first-order valence-electron chi connectivity index (χ1n) is 8.36. The Hall–Kier alpha value is -0.340. The second-order valence-corrected chi connectivity index (χ2v) is 6.51. The molecule has 0 aliphatic heterocycles. The molecule has 0 radical (unpaired) electrons. The standard InChI is InChI=1S/C17H31N3OS.HI/c1-4-6-15(7-9-21)12-20-17(18-5-2)19-11-14(3)16-8-10-22-13-16;/h8,10,13-15,21H,4-7,9,11-12H2,1-3H3,(H2,18,19,20);1H. The molecule has 3 N–H and O–H groups in total. The van der Waals surface area contributed by atoms with Crippen molar-refractivity contribution in [1.82, 2.24) is 10.6 Å². The van der Waals surface area contributed by atoms with Crippen molar-refractivity contribution in [3.63, 3.8) is 0 Å². The summed E-state index contributed by atoms with van der Waals surface area (Å²) in [5.41, 5.74) is 1.37. The Morgan fingerprint density at radius 2 is 2.09 bits per heavy atom. The monoisotopic (exact) mass is 453 g/mol. The van der Waals surface area contributed by atoms with Crippen molar-refractivity contribution in [3.05, 3.63) is 22.4 Å². The summed E-state index contributed by atoms with van der Waals surface area (Å²) in [6.07, 6.45) is 3.09. The maximum Gasteiger partial charge on any atom is 0.191 e. The lowest BCUT2D eigenvalue weighted by Crippen LogP contribution is -2.39. The number of guanidine groups is 1. The molecule has 0 saturated carbocycles. The molecule has 23 heavy (non-hydrogen) atoms. The molecule has 1 heterocycles. The Labute approximate surface area is 162 Å². The molecule has 0 aliphatic rings. The number of hydrogen-bond acceptors (Lipinski definition) is 3. The molecule has 2 unspecified atom stereocenters. The van der Waals surface area contributed by atoms with Crippen molar-refractivity contribution in [2.45, 2.75) is 46.0 Å². The third-order valence-corrected chi connectivity index (χ3v) is 4.48. The second kappa shape index (κ2) is 14.0. The number of nitrogens with zero attached hydrogens (tertiary/aromatic N) is 1. The van der Waals surface area contributed by atoms with Gasteiger partial charge >= 0.3 is 0 Å². The van der Waals surface area contributed by atoms with Gasteiger partial charge in [-0.15, -0.1) is 24.0 Å². The van der Waals surface area contributed by atoms with Crippen molar-refractivity contribution in [2.75, 3.05) is 26.2 Å². The fraction of sp³-hybridized carbons (Fsp3) is 0.706. The highest BCUT2D eigenvalue weighted by Gasteiger charge is 2.09. The van der Waals surface area contributed by atoms with E-state index in [4.69, 9.17) is 10.1 Å². The fourth-order valence-electron chi connectivity index (χ4n) is 2.40. The van der Waals surface area contributed by atoms with Gasteiger partial charge in [-0.25, -0.2) is 0 Å². The molecule has 0 amide bonds. The van der Waals surface area contributed by atoms with Crippen molar-refractivity contribution in [2.24, 2.45) is 10.9 Å². The Balaban J connectivity index is 0.00000484. The van der Waals surface area contributed by atoms with Gasteiger partial charge in [-0.3, -0.25) is 4.99 Å². The lowest BCUT2D eigenvalue weighted by molar-refractivity contribution is 0.253. The quantitative estimate of drug-likeness (QED) is 0.287. The van der Waals surface area contributed by atoms with Crippen molar-refractivity contribution in [3.8, 4) is 0 Å². The first-order chi connectivity index (χ1) is 10.7. The molecular weight excluding hydrogens is 421 g/mol. The normalized spacial score (nSPS) is 14.0. The second-order valence-electron chi connectivity index (χ2n) is 5.73. The topological polar surface area (TPSA) is 56.7 Å². The van der Waals surface area contributed by atoms with Gasteiger partial charge in [0.2, 0.25) is 0 Å². The summed E-state index contributed by atoms with van der Waals surface area (Å²) in [4.78, 5) is 4.69. The number of aliphatic hydroxyl groups is 1. The highest BCUT2D eigenvalue weighted by atomic mass is 127. The van der Waals surface area contributed by atoms with E-state index in [2.05, 4.69) is 48.2 Å². The molecule has 2 atom stereocenters. The zero-order valence-corrected chi connectivity index (χ0v) is 17.7. The Morgan fingerprint density at radius 3 is 2.65 bits per heavy atom. The van der Waals surface area contributed by atoms with Gasteiger partial charge in [0.25, 0.3) is 0 Å². The van der Waals surface area contributed by atoms with E-state index in [0.29, 0.717) is 11.8 Å². The molecule has 6 heteroatoms. The Kier molecular flexibility index (Phi) is 13.8. The molecular formula is C17H32IN3OS. The minimum atomic E-state index is 0. The van der Waals surface area contributed by atoms with E-state index in [0.717, 1.165) is 44.9 Å². The number of thiophene rings is 1. The lowest BCUT2D eigenvalue weighted by atomic mass is 10.0. The highest BCUT2D eigenvalue weighted by molar-refractivity contribution is 14.0. The van der Waals surface area contributed by atoms with E-state index in [9.17, 15) is 0 Å². The highest BCUT2D eigenvalue weighted by Crippen LogP contribution is 2.17.